The van der Waals surface area contributed by atoms with Crippen molar-refractivity contribution >= 4 is 18.6 Å². The van der Waals surface area contributed by atoms with Crippen LogP contribution in [0.2, 0.25) is 5.82 Å². The van der Waals surface area contributed by atoms with Crippen molar-refractivity contribution in [3.05, 3.63) is 23.3 Å². The van der Waals surface area contributed by atoms with Crippen LogP contribution in [0.15, 0.2) is 12.1 Å². The number of hydrogen-bond donors (Lipinski definition) is 3. The lowest BCUT2D eigenvalue weighted by Gasteiger charge is -2.42. The second-order valence-electron chi connectivity index (χ2n) is 10.1. The van der Waals surface area contributed by atoms with Crippen molar-refractivity contribution in [2.45, 2.75) is 36.8 Å². The molecule has 3 heterocycles. The molecule has 0 radical (unpaired) electrons. The van der Waals surface area contributed by atoms with E-state index < -0.39 is 12.7 Å². The Morgan fingerprint density at radius 2 is 2.03 bits per heavy atom. The Kier molecular flexibility index (Phi) is 4.93. The number of rotatable bonds is 5. The Morgan fingerprint density at radius 1 is 1.28 bits per heavy atom. The number of carbonyl (C=O) groups is 2. The van der Waals surface area contributed by atoms with Crippen LogP contribution in [0.25, 0.3) is 0 Å². The zero-order chi connectivity index (χ0) is 22.8. The summed E-state index contributed by atoms with van der Waals surface area (Å²) in [7, 11) is 4.25. The largest absolute Gasteiger partial charge is 0.669 e. The van der Waals surface area contributed by atoms with Crippen molar-refractivity contribution in [3.63, 3.8) is 0 Å². The average molecular weight is 448 g/mol. The fraction of sp³-hybridized carbons (Fsp3) is 0.619. The Morgan fingerprint density at radius 3 is 2.72 bits per heavy atom. The number of likely N-dealkylation sites (tertiary alicyclic amines) is 1. The lowest BCUT2D eigenvalue weighted by atomic mass is 9.68. The zero-order valence-corrected chi connectivity index (χ0v) is 18.3. The van der Waals surface area contributed by atoms with Gasteiger partial charge in [-0.15, -0.1) is 0 Å². The molecule has 4 aliphatic rings. The van der Waals surface area contributed by atoms with E-state index in [0.29, 0.717) is 38.1 Å². The van der Waals surface area contributed by atoms with E-state index in [2.05, 4.69) is 14.1 Å². The third-order valence-corrected chi connectivity index (χ3v) is 7.10. The molecule has 1 aliphatic carbocycles. The molecule has 0 spiro atoms. The number of carboxylic acids is 1. The minimum Gasteiger partial charge on any atom is -0.669 e. The molecule has 174 valence electrons. The van der Waals surface area contributed by atoms with E-state index in [-0.39, 0.29) is 46.9 Å². The van der Waals surface area contributed by atoms with Crippen LogP contribution in [-0.2, 0) is 9.53 Å². The molecule has 0 aromatic heterocycles. The minimum absolute atomic E-state index is 0.00296. The van der Waals surface area contributed by atoms with Gasteiger partial charge in [0.2, 0.25) is 5.91 Å². The van der Waals surface area contributed by atoms with Crippen molar-refractivity contribution in [1.82, 2.24) is 4.90 Å². The van der Waals surface area contributed by atoms with Crippen molar-refractivity contribution < 1.29 is 43.4 Å². The summed E-state index contributed by atoms with van der Waals surface area (Å²) in [6.45, 7) is -0.00876. The summed E-state index contributed by atoms with van der Waals surface area (Å²) in [4.78, 5) is 26.2. The molecule has 0 bridgehead atoms. The number of quaternary nitrogens is 1. The molecule has 3 N–H and O–H groups in total. The highest BCUT2D eigenvalue weighted by Gasteiger charge is 2.55. The van der Waals surface area contributed by atoms with Gasteiger partial charge in [-0.1, -0.05) is 18.3 Å². The molecule has 1 amide bonds. The van der Waals surface area contributed by atoms with Gasteiger partial charge in [-0.25, -0.2) is 4.79 Å². The van der Waals surface area contributed by atoms with Gasteiger partial charge in [0.25, 0.3) is 0 Å². The van der Waals surface area contributed by atoms with Crippen molar-refractivity contribution in [2.75, 3.05) is 46.9 Å². The van der Waals surface area contributed by atoms with Gasteiger partial charge >= 0.3 is 12.7 Å². The number of benzene rings is 1. The normalized spacial score (nSPS) is 29.8. The Labute approximate surface area is 185 Å². The summed E-state index contributed by atoms with van der Waals surface area (Å²) in [6, 6.07) is 3.32. The number of amides is 1. The Balaban J connectivity index is 1.23. The van der Waals surface area contributed by atoms with Crippen molar-refractivity contribution in [3.8, 4) is 11.5 Å². The van der Waals surface area contributed by atoms with Gasteiger partial charge in [0.05, 0.1) is 46.0 Å². The van der Waals surface area contributed by atoms with E-state index in [1.54, 1.807) is 17.0 Å². The number of nitrogens with zero attached hydrogens (tertiary/aromatic N) is 2. The van der Waals surface area contributed by atoms with E-state index in [4.69, 9.17) is 14.1 Å². The summed E-state index contributed by atoms with van der Waals surface area (Å²) < 4.78 is 17.8. The molecule has 3 fully saturated rings. The summed E-state index contributed by atoms with van der Waals surface area (Å²) >= 11 is 0. The van der Waals surface area contributed by atoms with Crippen LogP contribution >= 0.6 is 0 Å². The number of hydrogen-bond acceptors (Lipinski definition) is 7. The van der Waals surface area contributed by atoms with Crippen LogP contribution in [0.5, 0.6) is 11.5 Å². The molecule has 32 heavy (non-hydrogen) atoms. The van der Waals surface area contributed by atoms with Gasteiger partial charge in [0.1, 0.15) is 36.6 Å². The first kappa shape index (κ1) is 21.5. The number of carboxylic acid groups (broad SMARTS) is 1. The second kappa shape index (κ2) is 7.34. The first-order chi connectivity index (χ1) is 15.0. The second-order valence-corrected chi connectivity index (χ2v) is 10.1. The number of ether oxygens (including phenoxy) is 2. The zero-order valence-electron chi connectivity index (χ0n) is 18.3. The maximum Gasteiger partial charge on any atom is 0.434 e. The first-order valence-electron chi connectivity index (χ1n) is 11.1. The van der Waals surface area contributed by atoms with E-state index in [1.807, 2.05) is 0 Å². The molecule has 1 aromatic carbocycles. The van der Waals surface area contributed by atoms with Crippen LogP contribution in [0, 0.1) is 0 Å². The molecule has 0 unspecified atom stereocenters. The molecule has 1 saturated carbocycles. The quantitative estimate of drug-likeness (QED) is 0.425. The average Bonchev–Trinajstić information content (AvgIpc) is 3.44. The summed E-state index contributed by atoms with van der Waals surface area (Å²) in [5.74, 6) is -1.68. The fourth-order valence-corrected chi connectivity index (χ4v) is 5.12. The number of morpholine rings is 1. The topological polar surface area (TPSA) is 126 Å². The smallest absolute Gasteiger partial charge is 0.434 e. The van der Waals surface area contributed by atoms with Crippen LogP contribution in [-0.4, -0.2) is 102 Å². The van der Waals surface area contributed by atoms with Crippen molar-refractivity contribution in [2.24, 2.45) is 0 Å². The van der Waals surface area contributed by atoms with Crippen LogP contribution in [0.3, 0.4) is 0 Å². The maximum atomic E-state index is 12.6. The van der Waals surface area contributed by atoms with E-state index in [1.165, 1.54) is 0 Å². The number of aromatic carboxylic acids is 1. The lowest BCUT2D eigenvalue weighted by molar-refractivity contribution is -0.901. The molecule has 11 heteroatoms. The van der Waals surface area contributed by atoms with Crippen LogP contribution in [0.4, 0.5) is 0 Å². The van der Waals surface area contributed by atoms with Crippen LogP contribution in [0.1, 0.15) is 34.7 Å². The Hall–Kier alpha value is -2.34. The SMILES string of the molecule is C[N+]1(C)CCO[C@@H](CC(=O)N2CC(Oc3ccc4c(c3C(=O)O)O[B-](O)(O)[C@@H]3C[C@H]43)C2)C1. The third kappa shape index (κ3) is 3.83. The van der Waals surface area contributed by atoms with E-state index >= 15 is 0 Å². The predicted octanol–water partition coefficient (Wildman–Crippen LogP) is 0.0131. The first-order valence-corrected chi connectivity index (χ1v) is 11.1. The highest BCUT2D eigenvalue weighted by Crippen LogP contribution is 2.63. The van der Waals surface area contributed by atoms with Gasteiger partial charge < -0.3 is 38.7 Å². The number of likely N-dealkylation sites (N-methyl/N-ethyl adjacent to an activating group) is 1. The van der Waals surface area contributed by atoms with Crippen LogP contribution < -0.4 is 9.39 Å². The summed E-state index contributed by atoms with van der Waals surface area (Å²) in [5, 5.41) is 30.0. The standard InChI is InChI=1S/C21H29BN2O8/c1-24(2)5-6-30-12(11-24)7-18(25)23-9-13(10-23)31-17-4-3-14-15-8-16(15)22(28,29)32-20(14)19(17)21(26)27/h3-4,12-13,15-16,28-29H,5-11H2,1-2H3,(H,26,27)/t12-,15+,16+/m0/s1. The van der Waals surface area contributed by atoms with Crippen molar-refractivity contribution in [1.29, 1.82) is 0 Å². The highest BCUT2D eigenvalue weighted by molar-refractivity contribution is 6.62. The van der Waals surface area contributed by atoms with Gasteiger partial charge in [-0.2, -0.15) is 0 Å². The monoisotopic (exact) mass is 448 g/mol. The van der Waals surface area contributed by atoms with E-state index in [9.17, 15) is 24.7 Å². The molecule has 5 rings (SSSR count). The van der Waals surface area contributed by atoms with Gasteiger partial charge in [-0.3, -0.25) is 4.79 Å². The molecule has 10 nitrogen and oxygen atoms in total. The van der Waals surface area contributed by atoms with Gasteiger partial charge in [-0.05, 0) is 17.5 Å². The van der Waals surface area contributed by atoms with Gasteiger partial charge in [0.15, 0.2) is 0 Å². The predicted molar refractivity (Wildman–Crippen MR) is 113 cm³/mol. The molecule has 3 aliphatic heterocycles. The fourth-order valence-electron chi connectivity index (χ4n) is 5.12. The molecular weight excluding hydrogens is 419 g/mol. The van der Waals surface area contributed by atoms with E-state index in [0.717, 1.165) is 17.6 Å². The third-order valence-electron chi connectivity index (χ3n) is 7.10. The maximum absolute atomic E-state index is 12.6. The Bertz CT molecular complexity index is 961. The minimum atomic E-state index is -3.09. The summed E-state index contributed by atoms with van der Waals surface area (Å²) in [6.07, 6.45) is 0.430. The summed E-state index contributed by atoms with van der Waals surface area (Å²) in [5.41, 5.74) is 0.460. The number of carbonyl (C=O) groups excluding carboxylic acids is 1. The highest BCUT2D eigenvalue weighted by atomic mass is 16.6. The molecule has 2 saturated heterocycles. The number of fused-ring (bicyclic) bond motifs is 3. The molecule has 1 aromatic rings. The molecular formula is C21H29BN2O8. The molecule has 3 atom stereocenters. The lowest BCUT2D eigenvalue weighted by Crippen LogP contribution is -2.58. The van der Waals surface area contributed by atoms with Gasteiger partial charge in [0, 0.05) is 0 Å².